The third-order valence-corrected chi connectivity index (χ3v) is 4.35. The number of ether oxygens (including phenoxy) is 2. The minimum absolute atomic E-state index is 0.700. The number of methoxy groups -OCH3 is 2. The SMILES string of the molecule is COc1cc2c(-c3cc4c(N)ccnc4[nH]3)cn(C)c2cc1OC. The molecule has 4 rings (SSSR count). The Balaban J connectivity index is 2.00. The van der Waals surface area contributed by atoms with Gasteiger partial charge in [0.1, 0.15) is 5.65 Å². The Morgan fingerprint density at radius 3 is 2.54 bits per heavy atom. The van der Waals surface area contributed by atoms with E-state index >= 15 is 0 Å². The van der Waals surface area contributed by atoms with Crippen LogP contribution in [0.5, 0.6) is 11.5 Å². The molecule has 24 heavy (non-hydrogen) atoms. The topological polar surface area (TPSA) is 78.1 Å². The Labute approximate surface area is 138 Å². The average Bonchev–Trinajstić information content (AvgIpc) is 3.16. The van der Waals surface area contributed by atoms with Crippen molar-refractivity contribution in [2.75, 3.05) is 20.0 Å². The molecule has 6 nitrogen and oxygen atoms in total. The van der Waals surface area contributed by atoms with Crippen LogP contribution in [0.2, 0.25) is 0 Å². The average molecular weight is 322 g/mol. The van der Waals surface area contributed by atoms with E-state index in [1.807, 2.05) is 25.2 Å². The highest BCUT2D eigenvalue weighted by atomic mass is 16.5. The zero-order valence-corrected chi connectivity index (χ0v) is 13.8. The Kier molecular flexibility index (Phi) is 3.13. The maximum Gasteiger partial charge on any atom is 0.162 e. The molecule has 3 N–H and O–H groups in total. The number of nitrogen functional groups attached to an aromatic ring is 1. The van der Waals surface area contributed by atoms with Gasteiger partial charge in [-0.15, -0.1) is 0 Å². The van der Waals surface area contributed by atoms with E-state index in [0.717, 1.165) is 33.2 Å². The number of nitrogens with one attached hydrogen (secondary N) is 1. The molecule has 0 atom stereocenters. The van der Waals surface area contributed by atoms with Crippen LogP contribution in [0, 0.1) is 0 Å². The fourth-order valence-corrected chi connectivity index (χ4v) is 3.12. The zero-order valence-electron chi connectivity index (χ0n) is 13.8. The van der Waals surface area contributed by atoms with Crippen LogP contribution in [-0.2, 0) is 7.05 Å². The van der Waals surface area contributed by atoms with Gasteiger partial charge in [0.25, 0.3) is 0 Å². The number of nitrogens with two attached hydrogens (primary N) is 1. The minimum Gasteiger partial charge on any atom is -0.493 e. The predicted octanol–water partition coefficient (Wildman–Crippen LogP) is 3.32. The normalized spacial score (nSPS) is 11.3. The van der Waals surface area contributed by atoms with E-state index in [2.05, 4.69) is 20.7 Å². The summed E-state index contributed by atoms with van der Waals surface area (Å²) in [5.41, 5.74) is 10.6. The summed E-state index contributed by atoms with van der Waals surface area (Å²) < 4.78 is 12.9. The van der Waals surface area contributed by atoms with Crippen molar-refractivity contribution < 1.29 is 9.47 Å². The van der Waals surface area contributed by atoms with Crippen LogP contribution >= 0.6 is 0 Å². The highest BCUT2D eigenvalue weighted by molar-refractivity contribution is 6.01. The van der Waals surface area contributed by atoms with E-state index in [0.29, 0.717) is 17.2 Å². The summed E-state index contributed by atoms with van der Waals surface area (Å²) in [6.45, 7) is 0. The van der Waals surface area contributed by atoms with Crippen molar-refractivity contribution in [3.05, 3.63) is 36.7 Å². The van der Waals surface area contributed by atoms with Crippen molar-refractivity contribution in [2.45, 2.75) is 0 Å². The van der Waals surface area contributed by atoms with Crippen molar-refractivity contribution in [3.8, 4) is 22.8 Å². The molecule has 0 aliphatic carbocycles. The summed E-state index contributed by atoms with van der Waals surface area (Å²) >= 11 is 0. The molecule has 0 saturated carbocycles. The summed E-state index contributed by atoms with van der Waals surface area (Å²) in [5, 5.41) is 1.99. The summed E-state index contributed by atoms with van der Waals surface area (Å²) in [6.07, 6.45) is 3.78. The van der Waals surface area contributed by atoms with Gasteiger partial charge in [-0.2, -0.15) is 0 Å². The molecule has 0 radical (unpaired) electrons. The van der Waals surface area contributed by atoms with Gasteiger partial charge in [0, 0.05) is 53.2 Å². The third kappa shape index (κ3) is 2.00. The highest BCUT2D eigenvalue weighted by Gasteiger charge is 2.16. The van der Waals surface area contributed by atoms with Gasteiger partial charge in [-0.3, -0.25) is 0 Å². The lowest BCUT2D eigenvalue weighted by Crippen LogP contribution is -1.91. The second-order valence-electron chi connectivity index (χ2n) is 5.72. The molecule has 0 amide bonds. The van der Waals surface area contributed by atoms with Crippen LogP contribution < -0.4 is 15.2 Å². The van der Waals surface area contributed by atoms with E-state index in [1.165, 1.54) is 0 Å². The van der Waals surface area contributed by atoms with Gasteiger partial charge in [-0.05, 0) is 18.2 Å². The van der Waals surface area contributed by atoms with Gasteiger partial charge < -0.3 is 24.8 Å². The van der Waals surface area contributed by atoms with Crippen molar-refractivity contribution in [2.24, 2.45) is 7.05 Å². The van der Waals surface area contributed by atoms with Crippen LogP contribution in [0.1, 0.15) is 0 Å². The summed E-state index contributed by atoms with van der Waals surface area (Å²) in [7, 11) is 5.28. The fourth-order valence-electron chi connectivity index (χ4n) is 3.12. The number of anilines is 1. The van der Waals surface area contributed by atoms with Gasteiger partial charge in [0.2, 0.25) is 0 Å². The second-order valence-corrected chi connectivity index (χ2v) is 5.72. The lowest BCUT2D eigenvalue weighted by molar-refractivity contribution is 0.355. The van der Waals surface area contributed by atoms with Gasteiger partial charge in [-0.25, -0.2) is 4.98 Å². The number of aromatic nitrogens is 3. The van der Waals surface area contributed by atoms with Gasteiger partial charge >= 0.3 is 0 Å². The summed E-state index contributed by atoms with van der Waals surface area (Å²) in [5.74, 6) is 1.41. The number of benzene rings is 1. The Morgan fingerprint density at radius 1 is 1.08 bits per heavy atom. The molecule has 3 aromatic heterocycles. The maximum atomic E-state index is 6.05. The van der Waals surface area contributed by atoms with Crippen molar-refractivity contribution in [3.63, 3.8) is 0 Å². The molecular formula is C18H18N4O2. The van der Waals surface area contributed by atoms with E-state index in [9.17, 15) is 0 Å². The smallest absolute Gasteiger partial charge is 0.162 e. The summed E-state index contributed by atoms with van der Waals surface area (Å²) in [6, 6.07) is 7.80. The maximum absolute atomic E-state index is 6.05. The number of hydrogen-bond donors (Lipinski definition) is 2. The molecule has 0 aliphatic heterocycles. The van der Waals surface area contributed by atoms with Crippen molar-refractivity contribution in [1.82, 2.24) is 14.5 Å². The van der Waals surface area contributed by atoms with Gasteiger partial charge in [0.05, 0.1) is 19.7 Å². The second kappa shape index (κ2) is 5.19. The molecule has 6 heteroatoms. The predicted molar refractivity (Wildman–Crippen MR) is 95.5 cm³/mol. The van der Waals surface area contributed by atoms with Gasteiger partial charge in [0.15, 0.2) is 11.5 Å². The van der Waals surface area contributed by atoms with Gasteiger partial charge in [-0.1, -0.05) is 0 Å². The molecule has 122 valence electrons. The van der Waals surface area contributed by atoms with Crippen LogP contribution in [0.4, 0.5) is 5.69 Å². The molecule has 0 unspecified atom stereocenters. The minimum atomic E-state index is 0.700. The molecule has 1 aromatic carbocycles. The highest BCUT2D eigenvalue weighted by Crippen LogP contribution is 2.38. The fraction of sp³-hybridized carbons (Fsp3) is 0.167. The lowest BCUT2D eigenvalue weighted by atomic mass is 10.1. The van der Waals surface area contributed by atoms with Crippen LogP contribution in [0.25, 0.3) is 33.2 Å². The number of fused-ring (bicyclic) bond motifs is 2. The van der Waals surface area contributed by atoms with Crippen LogP contribution in [-0.4, -0.2) is 28.8 Å². The molecule has 3 heterocycles. The Bertz CT molecular complexity index is 1060. The summed E-state index contributed by atoms with van der Waals surface area (Å²) in [4.78, 5) is 7.70. The molecule has 0 spiro atoms. The number of aromatic amines is 1. The molecule has 0 aliphatic rings. The number of hydrogen-bond acceptors (Lipinski definition) is 4. The van der Waals surface area contributed by atoms with Crippen LogP contribution in [0.3, 0.4) is 0 Å². The lowest BCUT2D eigenvalue weighted by Gasteiger charge is -2.08. The Hall–Kier alpha value is -3.15. The quantitative estimate of drug-likeness (QED) is 0.606. The molecule has 4 aromatic rings. The largest absolute Gasteiger partial charge is 0.493 e. The number of H-pyrrole nitrogens is 1. The van der Waals surface area contributed by atoms with E-state index in [-0.39, 0.29) is 0 Å². The molecule has 0 fully saturated rings. The van der Waals surface area contributed by atoms with Crippen molar-refractivity contribution in [1.29, 1.82) is 0 Å². The first-order valence-electron chi connectivity index (χ1n) is 7.57. The first kappa shape index (κ1) is 14.4. The Morgan fingerprint density at radius 2 is 1.83 bits per heavy atom. The molecule has 0 saturated heterocycles. The monoisotopic (exact) mass is 322 g/mol. The van der Waals surface area contributed by atoms with Crippen molar-refractivity contribution >= 4 is 27.6 Å². The number of rotatable bonds is 3. The number of aryl methyl sites for hydroxylation is 1. The first-order valence-corrected chi connectivity index (χ1v) is 7.57. The first-order chi connectivity index (χ1) is 11.6. The zero-order chi connectivity index (χ0) is 16.8. The van der Waals surface area contributed by atoms with E-state index in [4.69, 9.17) is 15.2 Å². The van der Waals surface area contributed by atoms with Crippen LogP contribution in [0.15, 0.2) is 36.7 Å². The number of pyridine rings is 1. The molecular weight excluding hydrogens is 304 g/mol. The van der Waals surface area contributed by atoms with E-state index in [1.54, 1.807) is 26.5 Å². The standard InChI is InChI=1S/C18H18N4O2/c1-22-9-12(10-7-16(23-2)17(24-3)8-15(10)22)14-6-11-13(19)4-5-20-18(11)21-14/h4-9H,1-3H3,(H3,19,20,21). The number of nitrogens with zero attached hydrogens (tertiary/aromatic N) is 2. The van der Waals surface area contributed by atoms with E-state index < -0.39 is 0 Å². The third-order valence-electron chi connectivity index (χ3n) is 4.35. The molecule has 0 bridgehead atoms.